The van der Waals surface area contributed by atoms with Crippen LogP contribution < -0.4 is 5.32 Å². The van der Waals surface area contributed by atoms with Gasteiger partial charge in [0.25, 0.3) is 0 Å². The van der Waals surface area contributed by atoms with Crippen LogP contribution in [0.25, 0.3) is 0 Å². The second kappa shape index (κ2) is 7.31. The third kappa shape index (κ3) is 4.23. The van der Waals surface area contributed by atoms with Crippen molar-refractivity contribution in [2.24, 2.45) is 7.05 Å². The highest BCUT2D eigenvalue weighted by atomic mass is 16.2. The third-order valence-electron chi connectivity index (χ3n) is 4.90. The van der Waals surface area contributed by atoms with Gasteiger partial charge < -0.3 is 19.7 Å². The molecular weight excluding hydrogens is 292 g/mol. The molecule has 2 saturated heterocycles. The summed E-state index contributed by atoms with van der Waals surface area (Å²) in [4.78, 5) is 23.4. The van der Waals surface area contributed by atoms with Crippen LogP contribution in [0.5, 0.6) is 0 Å². The number of carbonyl (C=O) groups is 1. The normalized spacial score (nSPS) is 23.9. The molecule has 0 radical (unpaired) electrons. The van der Waals surface area contributed by atoms with Gasteiger partial charge in [0.1, 0.15) is 5.82 Å². The molecule has 2 amide bonds. The van der Waals surface area contributed by atoms with E-state index in [0.29, 0.717) is 6.04 Å². The van der Waals surface area contributed by atoms with E-state index in [4.69, 9.17) is 0 Å². The van der Waals surface area contributed by atoms with Crippen LogP contribution in [0.15, 0.2) is 12.4 Å². The Balaban J connectivity index is 1.43. The largest absolute Gasteiger partial charge is 0.337 e. The summed E-state index contributed by atoms with van der Waals surface area (Å²) < 4.78 is 2.05. The molecule has 0 spiro atoms. The number of carbonyl (C=O) groups excluding carboxylic acids is 1. The Bertz CT molecular complexity index is 522. The molecule has 0 unspecified atom stereocenters. The van der Waals surface area contributed by atoms with Crippen molar-refractivity contribution in [3.8, 4) is 0 Å². The van der Waals surface area contributed by atoms with Gasteiger partial charge in [-0.1, -0.05) is 0 Å². The summed E-state index contributed by atoms with van der Waals surface area (Å²) in [5.74, 6) is 1.08. The minimum absolute atomic E-state index is 0.0990. The van der Waals surface area contributed by atoms with E-state index in [1.54, 1.807) is 0 Å². The van der Waals surface area contributed by atoms with Crippen molar-refractivity contribution in [3.05, 3.63) is 18.2 Å². The van der Waals surface area contributed by atoms with Crippen LogP contribution in [0.2, 0.25) is 0 Å². The zero-order chi connectivity index (χ0) is 16.2. The predicted molar refractivity (Wildman–Crippen MR) is 89.1 cm³/mol. The summed E-state index contributed by atoms with van der Waals surface area (Å²) in [5, 5.41) is 3.20. The van der Waals surface area contributed by atoms with Crippen LogP contribution in [0.1, 0.15) is 18.7 Å². The first-order valence-electron chi connectivity index (χ1n) is 8.54. The molecule has 3 rings (SSSR count). The zero-order valence-electron chi connectivity index (χ0n) is 14.2. The van der Waals surface area contributed by atoms with Crippen molar-refractivity contribution >= 4 is 6.03 Å². The molecule has 1 aromatic heterocycles. The van der Waals surface area contributed by atoms with Gasteiger partial charge in [0.15, 0.2) is 0 Å². The van der Waals surface area contributed by atoms with E-state index in [2.05, 4.69) is 31.7 Å². The SMILES string of the molecule is CN1CCC[C@@H](NC(=O)N2CCN(Cc3nccn3C)CC2)C1. The molecule has 2 fully saturated rings. The Morgan fingerprint density at radius 1 is 1.26 bits per heavy atom. The number of rotatable bonds is 3. The Kier molecular flexibility index (Phi) is 5.17. The maximum absolute atomic E-state index is 12.4. The summed E-state index contributed by atoms with van der Waals surface area (Å²) in [6.45, 7) is 6.35. The van der Waals surface area contributed by atoms with E-state index in [9.17, 15) is 4.79 Å². The molecule has 1 aromatic rings. The van der Waals surface area contributed by atoms with Gasteiger partial charge in [-0.15, -0.1) is 0 Å². The van der Waals surface area contributed by atoms with Crippen LogP contribution in [0, 0.1) is 0 Å². The van der Waals surface area contributed by atoms with Crippen LogP contribution in [-0.2, 0) is 13.6 Å². The van der Waals surface area contributed by atoms with Gasteiger partial charge in [-0.25, -0.2) is 9.78 Å². The van der Waals surface area contributed by atoms with Gasteiger partial charge >= 0.3 is 6.03 Å². The minimum Gasteiger partial charge on any atom is -0.337 e. The van der Waals surface area contributed by atoms with Crippen molar-refractivity contribution in [1.82, 2.24) is 29.6 Å². The number of aryl methyl sites for hydroxylation is 1. The Labute approximate surface area is 138 Å². The summed E-state index contributed by atoms with van der Waals surface area (Å²) >= 11 is 0. The zero-order valence-corrected chi connectivity index (χ0v) is 14.2. The number of nitrogens with zero attached hydrogens (tertiary/aromatic N) is 5. The van der Waals surface area contributed by atoms with Gasteiger partial charge in [-0.3, -0.25) is 4.90 Å². The molecule has 0 bridgehead atoms. The number of amides is 2. The number of hydrogen-bond donors (Lipinski definition) is 1. The maximum Gasteiger partial charge on any atom is 0.317 e. The first kappa shape index (κ1) is 16.3. The average molecular weight is 320 g/mol. The summed E-state index contributed by atoms with van der Waals surface area (Å²) in [6, 6.07) is 0.397. The Morgan fingerprint density at radius 2 is 2.04 bits per heavy atom. The lowest BCUT2D eigenvalue weighted by molar-refractivity contribution is 0.127. The van der Waals surface area contributed by atoms with Gasteiger partial charge in [0.05, 0.1) is 6.54 Å². The average Bonchev–Trinajstić information content (AvgIpc) is 2.93. The Hall–Kier alpha value is -1.60. The smallest absolute Gasteiger partial charge is 0.317 e. The number of piperidine rings is 1. The third-order valence-corrected chi connectivity index (χ3v) is 4.90. The fraction of sp³-hybridized carbons (Fsp3) is 0.750. The topological polar surface area (TPSA) is 56.6 Å². The quantitative estimate of drug-likeness (QED) is 0.873. The number of hydrogen-bond acceptors (Lipinski definition) is 4. The summed E-state index contributed by atoms with van der Waals surface area (Å²) in [6.07, 6.45) is 6.06. The number of imidazole rings is 1. The molecule has 0 aromatic carbocycles. The van der Waals surface area contributed by atoms with Crippen molar-refractivity contribution in [2.75, 3.05) is 46.3 Å². The molecule has 3 heterocycles. The number of likely N-dealkylation sites (N-methyl/N-ethyl adjacent to an activating group) is 1. The van der Waals surface area contributed by atoms with Gasteiger partial charge in [0, 0.05) is 58.2 Å². The van der Waals surface area contributed by atoms with Crippen LogP contribution in [0.3, 0.4) is 0 Å². The molecule has 2 aliphatic rings. The van der Waals surface area contributed by atoms with E-state index in [1.165, 1.54) is 6.42 Å². The van der Waals surface area contributed by atoms with Crippen molar-refractivity contribution < 1.29 is 4.79 Å². The molecule has 1 N–H and O–H groups in total. The van der Waals surface area contributed by atoms with Gasteiger partial charge in [-0.2, -0.15) is 0 Å². The fourth-order valence-electron chi connectivity index (χ4n) is 3.41. The molecule has 23 heavy (non-hydrogen) atoms. The lowest BCUT2D eigenvalue weighted by atomic mass is 10.1. The second-order valence-electron chi connectivity index (χ2n) is 6.77. The molecule has 128 valence electrons. The first-order chi connectivity index (χ1) is 11.1. The molecule has 7 nitrogen and oxygen atoms in total. The number of urea groups is 1. The van der Waals surface area contributed by atoms with Gasteiger partial charge in [0.2, 0.25) is 0 Å². The van der Waals surface area contributed by atoms with Crippen LogP contribution in [0.4, 0.5) is 4.79 Å². The molecule has 0 aliphatic carbocycles. The highest BCUT2D eigenvalue weighted by molar-refractivity contribution is 5.74. The minimum atomic E-state index is 0.0990. The number of likely N-dealkylation sites (tertiary alicyclic amines) is 1. The second-order valence-corrected chi connectivity index (χ2v) is 6.77. The molecular formula is C16H28N6O. The molecule has 1 atom stereocenters. The molecule has 2 aliphatic heterocycles. The van der Waals surface area contributed by atoms with Crippen LogP contribution in [-0.4, -0.2) is 82.6 Å². The Morgan fingerprint density at radius 3 is 2.70 bits per heavy atom. The van der Waals surface area contributed by atoms with E-state index in [0.717, 1.165) is 58.1 Å². The van der Waals surface area contributed by atoms with E-state index >= 15 is 0 Å². The van der Waals surface area contributed by atoms with E-state index in [-0.39, 0.29) is 6.03 Å². The van der Waals surface area contributed by atoms with Crippen molar-refractivity contribution in [2.45, 2.75) is 25.4 Å². The number of nitrogens with one attached hydrogen (secondary N) is 1. The standard InChI is InChI=1S/C16H28N6O/c1-19-6-3-4-14(12-19)18-16(23)22-10-8-21(9-11-22)13-15-17-5-7-20(15)2/h5,7,14H,3-4,6,8-13H2,1-2H3,(H,18,23)/t14-/m1/s1. The lowest BCUT2D eigenvalue weighted by Crippen LogP contribution is -2.55. The highest BCUT2D eigenvalue weighted by Crippen LogP contribution is 2.10. The summed E-state index contributed by atoms with van der Waals surface area (Å²) in [7, 11) is 4.14. The number of piperazine rings is 1. The van der Waals surface area contributed by atoms with Crippen molar-refractivity contribution in [3.63, 3.8) is 0 Å². The summed E-state index contributed by atoms with van der Waals surface area (Å²) in [5.41, 5.74) is 0. The molecule has 7 heteroatoms. The maximum atomic E-state index is 12.4. The van der Waals surface area contributed by atoms with E-state index in [1.807, 2.05) is 24.3 Å². The highest BCUT2D eigenvalue weighted by Gasteiger charge is 2.25. The number of aromatic nitrogens is 2. The van der Waals surface area contributed by atoms with E-state index < -0.39 is 0 Å². The predicted octanol–water partition coefficient (Wildman–Crippen LogP) is 0.342. The lowest BCUT2D eigenvalue weighted by Gasteiger charge is -2.36. The van der Waals surface area contributed by atoms with Gasteiger partial charge in [-0.05, 0) is 26.4 Å². The fourth-order valence-corrected chi connectivity index (χ4v) is 3.41. The van der Waals surface area contributed by atoms with Crippen molar-refractivity contribution in [1.29, 1.82) is 0 Å². The first-order valence-corrected chi connectivity index (χ1v) is 8.54. The molecule has 0 saturated carbocycles. The van der Waals surface area contributed by atoms with Crippen LogP contribution >= 0.6 is 0 Å². The monoisotopic (exact) mass is 320 g/mol.